The van der Waals surface area contributed by atoms with E-state index in [1.807, 2.05) is 0 Å². The van der Waals surface area contributed by atoms with Crippen molar-refractivity contribution in [3.8, 4) is 0 Å². The van der Waals surface area contributed by atoms with Gasteiger partial charge in [0.05, 0.1) is 4.99 Å². The molecule has 0 saturated carbocycles. The van der Waals surface area contributed by atoms with E-state index in [2.05, 4.69) is 43.0 Å². The van der Waals surface area contributed by atoms with Crippen LogP contribution in [0.5, 0.6) is 0 Å². The monoisotopic (exact) mass is 248 g/mol. The van der Waals surface area contributed by atoms with Crippen molar-refractivity contribution in [3.05, 3.63) is 29.8 Å². The van der Waals surface area contributed by atoms with Crippen molar-refractivity contribution in [1.29, 1.82) is 0 Å². The Balaban J connectivity index is 2.26. The summed E-state index contributed by atoms with van der Waals surface area (Å²) < 4.78 is 0. The van der Waals surface area contributed by atoms with Gasteiger partial charge in [-0.25, -0.2) is 0 Å². The maximum Gasteiger partial charge on any atom is 0.0747 e. The molecular formula is C14H20N2S. The van der Waals surface area contributed by atoms with Gasteiger partial charge in [0.15, 0.2) is 0 Å². The first-order valence-electron chi connectivity index (χ1n) is 6.20. The Morgan fingerprint density at radius 1 is 1.53 bits per heavy atom. The largest absolute Gasteiger partial charge is 0.393 e. The first-order valence-corrected chi connectivity index (χ1v) is 6.61. The van der Waals surface area contributed by atoms with Gasteiger partial charge in [-0.15, -0.1) is 0 Å². The third-order valence-electron chi connectivity index (χ3n) is 3.41. The number of hydrogen-bond acceptors (Lipinski definition) is 2. The second-order valence-corrected chi connectivity index (χ2v) is 5.63. The second-order valence-electron chi connectivity index (χ2n) is 5.11. The zero-order valence-electron chi connectivity index (χ0n) is 10.5. The Morgan fingerprint density at radius 2 is 2.24 bits per heavy atom. The van der Waals surface area contributed by atoms with Gasteiger partial charge >= 0.3 is 0 Å². The molecule has 2 atom stereocenters. The molecule has 0 amide bonds. The van der Waals surface area contributed by atoms with E-state index in [-0.39, 0.29) is 0 Å². The van der Waals surface area contributed by atoms with Crippen LogP contribution in [0.15, 0.2) is 24.3 Å². The van der Waals surface area contributed by atoms with Gasteiger partial charge in [0, 0.05) is 24.7 Å². The second kappa shape index (κ2) is 5.05. The minimum Gasteiger partial charge on any atom is -0.393 e. The topological polar surface area (TPSA) is 29.3 Å². The number of rotatable bonds is 3. The highest BCUT2D eigenvalue weighted by Gasteiger charge is 2.24. The molecule has 0 bridgehead atoms. The molecule has 92 valence electrons. The predicted octanol–water partition coefficient (Wildman–Crippen LogP) is 2.75. The molecule has 1 aliphatic heterocycles. The van der Waals surface area contributed by atoms with Gasteiger partial charge in [-0.2, -0.15) is 0 Å². The van der Waals surface area contributed by atoms with Crippen LogP contribution in [0.25, 0.3) is 0 Å². The Kier molecular flexibility index (Phi) is 3.67. The SMILES string of the molecule is CC1Cc2ccccc2N(C(C)CC(N)=S)C1. The molecule has 0 fully saturated rings. The third-order valence-corrected chi connectivity index (χ3v) is 3.57. The van der Waals surface area contributed by atoms with Crippen LogP contribution in [0.2, 0.25) is 0 Å². The van der Waals surface area contributed by atoms with Gasteiger partial charge in [0.1, 0.15) is 0 Å². The lowest BCUT2D eigenvalue weighted by Gasteiger charge is -2.39. The summed E-state index contributed by atoms with van der Waals surface area (Å²) in [4.78, 5) is 3.05. The molecule has 0 radical (unpaired) electrons. The van der Waals surface area contributed by atoms with Gasteiger partial charge in [-0.1, -0.05) is 37.3 Å². The standard InChI is InChI=1S/C14H20N2S/c1-10-7-12-5-3-4-6-13(12)16(9-10)11(2)8-14(15)17/h3-6,10-11H,7-9H2,1-2H3,(H2,15,17). The lowest BCUT2D eigenvalue weighted by Crippen LogP contribution is -2.42. The van der Waals surface area contributed by atoms with Crippen LogP contribution in [-0.2, 0) is 6.42 Å². The van der Waals surface area contributed by atoms with Crippen molar-refractivity contribution in [3.63, 3.8) is 0 Å². The molecule has 17 heavy (non-hydrogen) atoms. The van der Waals surface area contributed by atoms with Crippen molar-refractivity contribution in [1.82, 2.24) is 0 Å². The average molecular weight is 248 g/mol. The molecule has 2 unspecified atom stereocenters. The van der Waals surface area contributed by atoms with Crippen LogP contribution in [-0.4, -0.2) is 17.6 Å². The molecule has 1 aliphatic rings. The Bertz CT molecular complexity index is 416. The van der Waals surface area contributed by atoms with Crippen molar-refractivity contribution < 1.29 is 0 Å². The van der Waals surface area contributed by atoms with E-state index in [0.717, 1.165) is 13.0 Å². The van der Waals surface area contributed by atoms with E-state index in [9.17, 15) is 0 Å². The third kappa shape index (κ3) is 2.78. The highest BCUT2D eigenvalue weighted by atomic mass is 32.1. The molecule has 2 rings (SSSR count). The summed E-state index contributed by atoms with van der Waals surface area (Å²) in [6.45, 7) is 5.60. The number of anilines is 1. The van der Waals surface area contributed by atoms with E-state index >= 15 is 0 Å². The predicted molar refractivity (Wildman–Crippen MR) is 77.5 cm³/mol. The fourth-order valence-corrected chi connectivity index (χ4v) is 2.90. The highest BCUT2D eigenvalue weighted by Crippen LogP contribution is 2.31. The summed E-state index contributed by atoms with van der Waals surface area (Å²) in [5.41, 5.74) is 8.46. The zero-order chi connectivity index (χ0) is 12.4. The van der Waals surface area contributed by atoms with Gasteiger partial charge in [-0.05, 0) is 30.9 Å². The molecule has 3 heteroatoms. The van der Waals surface area contributed by atoms with E-state index in [4.69, 9.17) is 18.0 Å². The lowest BCUT2D eigenvalue weighted by molar-refractivity contribution is 0.498. The number of para-hydroxylation sites is 1. The maximum absolute atomic E-state index is 5.66. The molecule has 0 saturated heterocycles. The van der Waals surface area contributed by atoms with Crippen LogP contribution >= 0.6 is 12.2 Å². The van der Waals surface area contributed by atoms with Crippen LogP contribution < -0.4 is 10.6 Å². The number of nitrogens with zero attached hydrogens (tertiary/aromatic N) is 1. The highest BCUT2D eigenvalue weighted by molar-refractivity contribution is 7.80. The van der Waals surface area contributed by atoms with Crippen LogP contribution in [0.1, 0.15) is 25.8 Å². The molecule has 2 nitrogen and oxygen atoms in total. The van der Waals surface area contributed by atoms with E-state index in [1.54, 1.807) is 0 Å². The molecule has 0 aromatic heterocycles. The molecular weight excluding hydrogens is 228 g/mol. The quantitative estimate of drug-likeness (QED) is 0.834. The molecule has 2 N–H and O–H groups in total. The summed E-state index contributed by atoms with van der Waals surface area (Å²) in [6.07, 6.45) is 1.96. The van der Waals surface area contributed by atoms with Gasteiger partial charge in [0.25, 0.3) is 0 Å². The minimum absolute atomic E-state index is 0.386. The van der Waals surface area contributed by atoms with E-state index < -0.39 is 0 Å². The summed E-state index contributed by atoms with van der Waals surface area (Å²) in [5, 5.41) is 0. The zero-order valence-corrected chi connectivity index (χ0v) is 11.3. The number of nitrogens with two attached hydrogens (primary N) is 1. The summed E-state index contributed by atoms with van der Waals surface area (Å²) in [5.74, 6) is 0.693. The molecule has 1 aromatic carbocycles. The van der Waals surface area contributed by atoms with Crippen molar-refractivity contribution in [2.75, 3.05) is 11.4 Å². The van der Waals surface area contributed by atoms with Crippen LogP contribution in [0.4, 0.5) is 5.69 Å². The number of fused-ring (bicyclic) bond motifs is 1. The van der Waals surface area contributed by atoms with Gasteiger partial charge in [-0.3, -0.25) is 0 Å². The average Bonchev–Trinajstić information content (AvgIpc) is 2.26. The smallest absolute Gasteiger partial charge is 0.0747 e. The summed E-state index contributed by atoms with van der Waals surface area (Å²) in [7, 11) is 0. The number of hydrogen-bond donors (Lipinski definition) is 1. The van der Waals surface area contributed by atoms with Gasteiger partial charge < -0.3 is 10.6 Å². The summed E-state index contributed by atoms with van der Waals surface area (Å²) >= 11 is 5.02. The Morgan fingerprint density at radius 3 is 2.94 bits per heavy atom. The normalized spacial score (nSPS) is 20.8. The van der Waals surface area contributed by atoms with Crippen molar-refractivity contribution in [2.24, 2.45) is 11.7 Å². The lowest BCUT2D eigenvalue weighted by atomic mass is 9.92. The minimum atomic E-state index is 0.386. The number of thiocarbonyl (C=S) groups is 1. The Labute approximate surface area is 109 Å². The van der Waals surface area contributed by atoms with Crippen LogP contribution in [0.3, 0.4) is 0 Å². The fourth-order valence-electron chi connectivity index (χ4n) is 2.66. The Hall–Kier alpha value is -1.09. The molecule has 1 aromatic rings. The van der Waals surface area contributed by atoms with Crippen molar-refractivity contribution >= 4 is 22.9 Å². The molecule has 0 aliphatic carbocycles. The first kappa shape index (κ1) is 12.4. The molecule has 1 heterocycles. The fraction of sp³-hybridized carbons (Fsp3) is 0.500. The van der Waals surface area contributed by atoms with Gasteiger partial charge in [0.2, 0.25) is 0 Å². The molecule has 0 spiro atoms. The van der Waals surface area contributed by atoms with Crippen LogP contribution in [0, 0.1) is 5.92 Å². The summed E-state index contributed by atoms with van der Waals surface area (Å²) in [6, 6.07) is 9.04. The number of benzene rings is 1. The first-order chi connectivity index (χ1) is 8.08. The van der Waals surface area contributed by atoms with E-state index in [1.165, 1.54) is 17.7 Å². The van der Waals surface area contributed by atoms with E-state index in [0.29, 0.717) is 16.9 Å². The van der Waals surface area contributed by atoms with Crippen molar-refractivity contribution in [2.45, 2.75) is 32.7 Å². The maximum atomic E-state index is 5.66.